The van der Waals surface area contributed by atoms with Crippen molar-refractivity contribution in [2.24, 2.45) is 0 Å². The fraction of sp³-hybridized carbons (Fsp3) is 0. The van der Waals surface area contributed by atoms with E-state index in [9.17, 15) is 0 Å². The first-order valence-electron chi connectivity index (χ1n) is 18.3. The Balaban J connectivity index is 1.16. The molecule has 0 radical (unpaired) electrons. The molecule has 248 valence electrons. The molecule has 53 heavy (non-hydrogen) atoms. The van der Waals surface area contributed by atoms with Crippen LogP contribution < -0.4 is 4.90 Å². The van der Waals surface area contributed by atoms with Gasteiger partial charge in [-0.3, -0.25) is 0 Å². The van der Waals surface area contributed by atoms with Crippen molar-refractivity contribution < 1.29 is 0 Å². The average Bonchev–Trinajstić information content (AvgIpc) is 3.24. The van der Waals surface area contributed by atoms with E-state index < -0.39 is 0 Å². The van der Waals surface area contributed by atoms with E-state index in [0.29, 0.717) is 0 Å². The highest BCUT2D eigenvalue weighted by atomic mass is 15.1. The first kappa shape index (κ1) is 30.8. The lowest BCUT2D eigenvalue weighted by Gasteiger charge is -2.27. The van der Waals surface area contributed by atoms with Crippen LogP contribution in [0.1, 0.15) is 0 Å². The van der Waals surface area contributed by atoms with Crippen molar-refractivity contribution in [2.45, 2.75) is 0 Å². The summed E-state index contributed by atoms with van der Waals surface area (Å²) in [5.41, 5.74) is 10.6. The summed E-state index contributed by atoms with van der Waals surface area (Å²) in [6, 6.07) is 77.2. The van der Waals surface area contributed by atoms with Gasteiger partial charge in [-0.1, -0.05) is 176 Å². The van der Waals surface area contributed by atoms with E-state index in [0.717, 1.165) is 17.1 Å². The van der Waals surface area contributed by atoms with Crippen molar-refractivity contribution in [3.05, 3.63) is 212 Å². The number of anilines is 3. The third-order valence-electron chi connectivity index (χ3n) is 10.6. The summed E-state index contributed by atoms with van der Waals surface area (Å²) in [6.45, 7) is 0. The number of hydrogen-bond donors (Lipinski definition) is 0. The molecule has 0 saturated carbocycles. The summed E-state index contributed by atoms with van der Waals surface area (Å²) < 4.78 is 0. The van der Waals surface area contributed by atoms with E-state index in [1.54, 1.807) is 0 Å². The first-order valence-corrected chi connectivity index (χ1v) is 18.3. The zero-order valence-corrected chi connectivity index (χ0v) is 29.2. The Morgan fingerprint density at radius 3 is 1.43 bits per heavy atom. The molecule has 0 spiro atoms. The molecule has 10 rings (SSSR count). The van der Waals surface area contributed by atoms with Crippen molar-refractivity contribution in [3.8, 4) is 33.4 Å². The third-order valence-corrected chi connectivity index (χ3v) is 10.6. The molecule has 0 heterocycles. The zero-order valence-electron chi connectivity index (χ0n) is 29.2. The second kappa shape index (κ2) is 13.0. The number of fused-ring (bicyclic) bond motifs is 7. The number of nitrogens with zero attached hydrogens (tertiary/aromatic N) is 1. The molecular formula is C52H35N. The summed E-state index contributed by atoms with van der Waals surface area (Å²) in [5.74, 6) is 0. The van der Waals surface area contributed by atoms with Crippen molar-refractivity contribution >= 4 is 60.2 Å². The molecule has 0 aliphatic heterocycles. The van der Waals surface area contributed by atoms with Gasteiger partial charge in [-0.15, -0.1) is 0 Å². The standard InChI is InChI=1S/C52H35N/c1-3-14-36(15-4-1)40-19-13-20-42(34-40)53(43-31-33-50-48-24-10-9-22-46(48)47-23-11-12-25-49(47)51(50)35-43)41-29-26-38(27-30-41)45-32-28-37-16-7-8-21-44(37)52(45)39-17-5-2-6-18-39/h1-35H. The molecule has 10 aromatic carbocycles. The predicted molar refractivity (Wildman–Crippen MR) is 227 cm³/mol. The highest BCUT2D eigenvalue weighted by Crippen LogP contribution is 2.43. The van der Waals surface area contributed by atoms with E-state index in [2.05, 4.69) is 217 Å². The largest absolute Gasteiger partial charge is 0.310 e. The Kier molecular flexibility index (Phi) is 7.55. The Bertz CT molecular complexity index is 2890. The van der Waals surface area contributed by atoms with Gasteiger partial charge in [-0.25, -0.2) is 0 Å². The second-order valence-corrected chi connectivity index (χ2v) is 13.7. The first-order chi connectivity index (χ1) is 26.3. The molecule has 0 aliphatic rings. The fourth-order valence-electron chi connectivity index (χ4n) is 8.16. The van der Waals surface area contributed by atoms with Gasteiger partial charge in [0.25, 0.3) is 0 Å². The van der Waals surface area contributed by atoms with Gasteiger partial charge in [0.1, 0.15) is 0 Å². The smallest absolute Gasteiger partial charge is 0.0468 e. The molecule has 1 nitrogen and oxygen atoms in total. The zero-order chi connectivity index (χ0) is 35.1. The summed E-state index contributed by atoms with van der Waals surface area (Å²) in [7, 11) is 0. The van der Waals surface area contributed by atoms with Crippen LogP contribution in [-0.4, -0.2) is 0 Å². The molecule has 0 saturated heterocycles. The monoisotopic (exact) mass is 673 g/mol. The Morgan fingerprint density at radius 2 is 0.755 bits per heavy atom. The van der Waals surface area contributed by atoms with Gasteiger partial charge >= 0.3 is 0 Å². The van der Waals surface area contributed by atoms with Crippen molar-refractivity contribution in [3.63, 3.8) is 0 Å². The lowest BCUT2D eigenvalue weighted by Crippen LogP contribution is -2.10. The van der Waals surface area contributed by atoms with Crippen LogP contribution in [0.5, 0.6) is 0 Å². The minimum Gasteiger partial charge on any atom is -0.310 e. The number of rotatable bonds is 6. The van der Waals surface area contributed by atoms with Gasteiger partial charge in [0.2, 0.25) is 0 Å². The Morgan fingerprint density at radius 1 is 0.245 bits per heavy atom. The average molecular weight is 674 g/mol. The van der Waals surface area contributed by atoms with Crippen molar-refractivity contribution in [1.82, 2.24) is 0 Å². The van der Waals surface area contributed by atoms with E-state index in [1.165, 1.54) is 76.5 Å². The molecule has 10 aromatic rings. The van der Waals surface area contributed by atoms with Gasteiger partial charge < -0.3 is 4.90 Å². The molecule has 0 unspecified atom stereocenters. The maximum atomic E-state index is 2.40. The Hall–Kier alpha value is -6.96. The molecule has 0 aliphatic carbocycles. The summed E-state index contributed by atoms with van der Waals surface area (Å²) in [4.78, 5) is 2.40. The molecule has 0 bridgehead atoms. The maximum Gasteiger partial charge on any atom is 0.0468 e. The number of benzene rings is 10. The van der Waals surface area contributed by atoms with Crippen molar-refractivity contribution in [2.75, 3.05) is 4.90 Å². The minimum absolute atomic E-state index is 1.10. The normalized spacial score (nSPS) is 11.4. The second-order valence-electron chi connectivity index (χ2n) is 13.7. The molecule has 0 fully saturated rings. The van der Waals surface area contributed by atoms with Gasteiger partial charge in [0.15, 0.2) is 0 Å². The molecule has 0 atom stereocenters. The fourth-order valence-corrected chi connectivity index (χ4v) is 8.16. The number of hydrogen-bond acceptors (Lipinski definition) is 1. The van der Waals surface area contributed by atoms with Crippen LogP contribution in [-0.2, 0) is 0 Å². The van der Waals surface area contributed by atoms with E-state index in [1.807, 2.05) is 0 Å². The summed E-state index contributed by atoms with van der Waals surface area (Å²) in [6.07, 6.45) is 0. The van der Waals surface area contributed by atoms with E-state index >= 15 is 0 Å². The SMILES string of the molecule is c1ccc(-c2cccc(N(c3ccc(-c4ccc5ccccc5c4-c4ccccc4)cc3)c3ccc4c5ccccc5c5ccccc5c4c3)c2)cc1. The van der Waals surface area contributed by atoms with Crippen LogP contribution in [0.25, 0.3) is 76.5 Å². The van der Waals surface area contributed by atoms with Crippen LogP contribution in [0.4, 0.5) is 17.1 Å². The summed E-state index contributed by atoms with van der Waals surface area (Å²) >= 11 is 0. The minimum atomic E-state index is 1.10. The van der Waals surface area contributed by atoms with Crippen LogP contribution in [0.2, 0.25) is 0 Å². The molecule has 0 amide bonds. The highest BCUT2D eigenvalue weighted by molar-refractivity contribution is 6.25. The maximum absolute atomic E-state index is 2.40. The topological polar surface area (TPSA) is 3.24 Å². The summed E-state index contributed by atoms with van der Waals surface area (Å²) in [5, 5.41) is 10.1. The van der Waals surface area contributed by atoms with Crippen LogP contribution in [0.3, 0.4) is 0 Å². The van der Waals surface area contributed by atoms with Crippen molar-refractivity contribution in [1.29, 1.82) is 0 Å². The molecule has 0 N–H and O–H groups in total. The van der Waals surface area contributed by atoms with Crippen LogP contribution in [0, 0.1) is 0 Å². The van der Waals surface area contributed by atoms with Gasteiger partial charge in [0.05, 0.1) is 0 Å². The van der Waals surface area contributed by atoms with Gasteiger partial charge in [0, 0.05) is 17.1 Å². The predicted octanol–water partition coefficient (Wildman–Crippen LogP) is 14.8. The van der Waals surface area contributed by atoms with Gasteiger partial charge in [-0.05, 0) is 113 Å². The van der Waals surface area contributed by atoms with E-state index in [-0.39, 0.29) is 0 Å². The molecule has 1 heteroatoms. The van der Waals surface area contributed by atoms with E-state index in [4.69, 9.17) is 0 Å². The lowest BCUT2D eigenvalue weighted by molar-refractivity contribution is 1.29. The molecular weight excluding hydrogens is 639 g/mol. The highest BCUT2D eigenvalue weighted by Gasteiger charge is 2.18. The Labute approximate surface area is 309 Å². The molecule has 0 aromatic heterocycles. The van der Waals surface area contributed by atoms with Crippen LogP contribution >= 0.6 is 0 Å². The van der Waals surface area contributed by atoms with Crippen LogP contribution in [0.15, 0.2) is 212 Å². The lowest BCUT2D eigenvalue weighted by atomic mass is 9.89. The quantitative estimate of drug-likeness (QED) is 0.159. The third kappa shape index (κ3) is 5.42. The van der Waals surface area contributed by atoms with Gasteiger partial charge in [-0.2, -0.15) is 0 Å².